The fraction of sp³-hybridized carbons (Fsp3) is 0.154. The molecule has 1 aromatic carbocycles. The number of aromatic nitrogens is 1. The summed E-state index contributed by atoms with van der Waals surface area (Å²) in [5.74, 6) is 1.48. The van der Waals surface area contributed by atoms with Crippen LogP contribution < -0.4 is 10.1 Å². The minimum absolute atomic E-state index is 0.685. The third-order valence-corrected chi connectivity index (χ3v) is 2.62. The maximum atomic E-state index is 5.82. The van der Waals surface area contributed by atoms with Crippen LogP contribution in [-0.4, -0.2) is 12.1 Å². The predicted octanol–water partition coefficient (Wildman–Crippen LogP) is 3.36. The Balaban J connectivity index is 2.04. The average Bonchev–Trinajstić information content (AvgIpc) is 2.38. The number of nitrogens with zero attached hydrogens (tertiary/aromatic N) is 1. The van der Waals surface area contributed by atoms with Gasteiger partial charge in [-0.1, -0.05) is 23.7 Å². The number of benzene rings is 1. The highest BCUT2D eigenvalue weighted by Crippen LogP contribution is 2.20. The van der Waals surface area contributed by atoms with Crippen molar-refractivity contribution < 1.29 is 4.74 Å². The van der Waals surface area contributed by atoms with E-state index in [1.54, 1.807) is 13.3 Å². The molecule has 0 atom stereocenters. The van der Waals surface area contributed by atoms with E-state index in [1.165, 1.54) is 0 Å². The lowest BCUT2D eigenvalue weighted by atomic mass is 10.2. The second-order valence-corrected chi connectivity index (χ2v) is 3.97. The fourth-order valence-electron chi connectivity index (χ4n) is 1.48. The van der Waals surface area contributed by atoms with Crippen LogP contribution >= 0.6 is 11.6 Å². The molecule has 2 rings (SSSR count). The fourth-order valence-corrected chi connectivity index (χ4v) is 1.60. The van der Waals surface area contributed by atoms with E-state index in [2.05, 4.69) is 10.3 Å². The first kappa shape index (κ1) is 11.7. The largest absolute Gasteiger partial charge is 0.493 e. The van der Waals surface area contributed by atoms with Crippen LogP contribution in [0.3, 0.4) is 0 Å². The van der Waals surface area contributed by atoms with E-state index in [4.69, 9.17) is 16.3 Å². The van der Waals surface area contributed by atoms with Gasteiger partial charge in [-0.3, -0.25) is 0 Å². The van der Waals surface area contributed by atoms with Gasteiger partial charge in [0.15, 0.2) is 11.6 Å². The van der Waals surface area contributed by atoms with Crippen molar-refractivity contribution in [3.8, 4) is 5.75 Å². The number of halogens is 1. The second-order valence-electron chi connectivity index (χ2n) is 3.53. The lowest BCUT2D eigenvalue weighted by molar-refractivity contribution is 0.415. The summed E-state index contributed by atoms with van der Waals surface area (Å²) in [5.41, 5.74) is 1.14. The maximum absolute atomic E-state index is 5.82. The Kier molecular flexibility index (Phi) is 3.83. The van der Waals surface area contributed by atoms with Crippen molar-refractivity contribution in [3.05, 3.63) is 53.2 Å². The van der Waals surface area contributed by atoms with Crippen molar-refractivity contribution in [2.24, 2.45) is 0 Å². The van der Waals surface area contributed by atoms with Gasteiger partial charge in [-0.25, -0.2) is 4.98 Å². The van der Waals surface area contributed by atoms with Crippen LogP contribution in [0.15, 0.2) is 42.6 Å². The first-order chi connectivity index (χ1) is 8.29. The zero-order valence-electron chi connectivity index (χ0n) is 9.48. The van der Waals surface area contributed by atoms with E-state index in [1.807, 2.05) is 36.4 Å². The van der Waals surface area contributed by atoms with E-state index in [0.29, 0.717) is 6.54 Å². The van der Waals surface area contributed by atoms with Crippen LogP contribution in [0.5, 0.6) is 5.75 Å². The van der Waals surface area contributed by atoms with Gasteiger partial charge in [-0.2, -0.15) is 0 Å². The molecule has 0 fully saturated rings. The van der Waals surface area contributed by atoms with Crippen LogP contribution in [0.2, 0.25) is 5.02 Å². The van der Waals surface area contributed by atoms with Gasteiger partial charge in [0, 0.05) is 17.8 Å². The molecular formula is C13H13ClN2O. The van der Waals surface area contributed by atoms with Crippen molar-refractivity contribution in [1.29, 1.82) is 0 Å². The molecule has 0 aliphatic heterocycles. The second kappa shape index (κ2) is 5.55. The van der Waals surface area contributed by atoms with Crippen molar-refractivity contribution >= 4 is 17.4 Å². The number of methoxy groups -OCH3 is 1. The molecule has 0 bridgehead atoms. The van der Waals surface area contributed by atoms with Crippen molar-refractivity contribution in [2.45, 2.75) is 6.54 Å². The Morgan fingerprint density at radius 3 is 2.71 bits per heavy atom. The van der Waals surface area contributed by atoms with Gasteiger partial charge in [0.1, 0.15) is 0 Å². The molecule has 3 nitrogen and oxygen atoms in total. The molecule has 2 aromatic rings. The van der Waals surface area contributed by atoms with Crippen LogP contribution in [0, 0.1) is 0 Å². The van der Waals surface area contributed by atoms with E-state index in [-0.39, 0.29) is 0 Å². The number of hydrogen-bond donors (Lipinski definition) is 1. The highest BCUT2D eigenvalue weighted by molar-refractivity contribution is 6.30. The van der Waals surface area contributed by atoms with Crippen LogP contribution in [0.1, 0.15) is 5.56 Å². The molecule has 0 radical (unpaired) electrons. The first-order valence-corrected chi connectivity index (χ1v) is 5.64. The number of pyridine rings is 1. The number of nitrogens with one attached hydrogen (secondary N) is 1. The van der Waals surface area contributed by atoms with Crippen molar-refractivity contribution in [1.82, 2.24) is 4.98 Å². The van der Waals surface area contributed by atoms with E-state index >= 15 is 0 Å². The highest BCUT2D eigenvalue weighted by Gasteiger charge is 2.02. The third-order valence-electron chi connectivity index (χ3n) is 2.36. The number of anilines is 1. The quantitative estimate of drug-likeness (QED) is 0.901. The minimum Gasteiger partial charge on any atom is -0.493 e. The molecule has 88 valence electrons. The van der Waals surface area contributed by atoms with Gasteiger partial charge in [0.25, 0.3) is 0 Å². The van der Waals surface area contributed by atoms with E-state index < -0.39 is 0 Å². The Bertz CT molecular complexity index is 485. The van der Waals surface area contributed by atoms with Crippen LogP contribution in [0.25, 0.3) is 0 Å². The van der Waals surface area contributed by atoms with Gasteiger partial charge < -0.3 is 10.1 Å². The van der Waals surface area contributed by atoms with E-state index in [9.17, 15) is 0 Å². The Morgan fingerprint density at radius 1 is 1.24 bits per heavy atom. The lowest BCUT2D eigenvalue weighted by Crippen LogP contribution is -2.02. The van der Waals surface area contributed by atoms with Crippen LogP contribution in [0.4, 0.5) is 5.82 Å². The summed E-state index contributed by atoms with van der Waals surface area (Å²) in [6, 6.07) is 11.4. The normalized spacial score (nSPS) is 10.0. The van der Waals surface area contributed by atoms with E-state index in [0.717, 1.165) is 22.2 Å². The average molecular weight is 249 g/mol. The maximum Gasteiger partial charge on any atom is 0.168 e. The lowest BCUT2D eigenvalue weighted by Gasteiger charge is -2.09. The molecule has 0 saturated heterocycles. The summed E-state index contributed by atoms with van der Waals surface area (Å²) < 4.78 is 5.21. The monoisotopic (exact) mass is 248 g/mol. The zero-order valence-corrected chi connectivity index (χ0v) is 10.2. The molecule has 0 aliphatic rings. The van der Waals surface area contributed by atoms with Crippen molar-refractivity contribution in [2.75, 3.05) is 12.4 Å². The number of ether oxygens (including phenoxy) is 1. The Hall–Kier alpha value is -1.74. The van der Waals surface area contributed by atoms with Gasteiger partial charge in [-0.15, -0.1) is 0 Å². The molecule has 0 amide bonds. The molecule has 0 unspecified atom stereocenters. The molecular weight excluding hydrogens is 236 g/mol. The molecule has 0 spiro atoms. The van der Waals surface area contributed by atoms with Gasteiger partial charge in [-0.05, 0) is 29.8 Å². The first-order valence-electron chi connectivity index (χ1n) is 5.27. The smallest absolute Gasteiger partial charge is 0.168 e. The summed E-state index contributed by atoms with van der Waals surface area (Å²) in [6.07, 6.45) is 1.73. The van der Waals surface area contributed by atoms with Gasteiger partial charge >= 0.3 is 0 Å². The molecule has 1 N–H and O–H groups in total. The summed E-state index contributed by atoms with van der Waals surface area (Å²) in [6.45, 7) is 0.685. The predicted molar refractivity (Wildman–Crippen MR) is 69.6 cm³/mol. The Morgan fingerprint density at radius 2 is 2.00 bits per heavy atom. The standard InChI is InChI=1S/C13H13ClN2O/c1-17-12-3-2-8-15-13(12)16-9-10-4-6-11(14)7-5-10/h2-8H,9H2,1H3,(H,15,16). The van der Waals surface area contributed by atoms with Crippen molar-refractivity contribution in [3.63, 3.8) is 0 Å². The summed E-state index contributed by atoms with van der Waals surface area (Å²) >= 11 is 5.82. The molecule has 1 heterocycles. The van der Waals surface area contributed by atoms with Gasteiger partial charge in [0.2, 0.25) is 0 Å². The SMILES string of the molecule is COc1cccnc1NCc1ccc(Cl)cc1. The number of rotatable bonds is 4. The third kappa shape index (κ3) is 3.11. The number of hydrogen-bond acceptors (Lipinski definition) is 3. The molecule has 17 heavy (non-hydrogen) atoms. The molecule has 0 saturated carbocycles. The summed E-state index contributed by atoms with van der Waals surface area (Å²) in [4.78, 5) is 4.22. The molecule has 4 heteroatoms. The van der Waals surface area contributed by atoms with Gasteiger partial charge in [0.05, 0.1) is 7.11 Å². The molecule has 1 aromatic heterocycles. The van der Waals surface area contributed by atoms with Crippen LogP contribution in [-0.2, 0) is 6.54 Å². The highest BCUT2D eigenvalue weighted by atomic mass is 35.5. The Labute approximate surface area is 105 Å². The summed E-state index contributed by atoms with van der Waals surface area (Å²) in [5, 5.41) is 3.96. The topological polar surface area (TPSA) is 34.1 Å². The molecule has 0 aliphatic carbocycles. The minimum atomic E-state index is 0.685. The summed E-state index contributed by atoms with van der Waals surface area (Å²) in [7, 11) is 1.63. The zero-order chi connectivity index (χ0) is 12.1.